The van der Waals surface area contributed by atoms with E-state index in [9.17, 15) is 0 Å². The van der Waals surface area contributed by atoms with Crippen LogP contribution in [0.4, 0.5) is 0 Å². The van der Waals surface area contributed by atoms with Crippen molar-refractivity contribution in [2.75, 3.05) is 27.2 Å². The molecule has 4 unspecified atom stereocenters. The molecule has 1 saturated carbocycles. The Kier molecular flexibility index (Phi) is 6.10. The van der Waals surface area contributed by atoms with Crippen molar-refractivity contribution in [1.82, 2.24) is 10.2 Å². The highest BCUT2D eigenvalue weighted by Gasteiger charge is 2.38. The monoisotopic (exact) mass is 296 g/mol. The van der Waals surface area contributed by atoms with Crippen LogP contribution in [0.5, 0.6) is 0 Å². The Morgan fingerprint density at radius 3 is 2.57 bits per heavy atom. The fourth-order valence-corrected chi connectivity index (χ4v) is 4.21. The maximum Gasteiger partial charge on any atom is 0.0702 e. The summed E-state index contributed by atoms with van der Waals surface area (Å²) < 4.78 is 5.84. The van der Waals surface area contributed by atoms with Gasteiger partial charge in [-0.2, -0.15) is 0 Å². The Balaban J connectivity index is 1.98. The zero-order valence-corrected chi connectivity index (χ0v) is 14.8. The van der Waals surface area contributed by atoms with Gasteiger partial charge < -0.3 is 10.1 Å². The second-order valence-corrected chi connectivity index (χ2v) is 7.89. The van der Waals surface area contributed by atoms with Crippen molar-refractivity contribution >= 4 is 0 Å². The zero-order valence-electron chi connectivity index (χ0n) is 14.8. The molecule has 1 heterocycles. The summed E-state index contributed by atoms with van der Waals surface area (Å²) in [7, 11) is 4.43. The van der Waals surface area contributed by atoms with Gasteiger partial charge in [-0.25, -0.2) is 0 Å². The average Bonchev–Trinajstić information content (AvgIpc) is 2.99. The third-order valence-corrected chi connectivity index (χ3v) is 6.29. The highest BCUT2D eigenvalue weighted by molar-refractivity contribution is 4.94. The summed E-state index contributed by atoms with van der Waals surface area (Å²) in [6, 6.07) is 1.30. The molecule has 1 aliphatic heterocycles. The minimum Gasteiger partial charge on any atom is -0.377 e. The van der Waals surface area contributed by atoms with Crippen molar-refractivity contribution < 1.29 is 4.74 Å². The van der Waals surface area contributed by atoms with Crippen LogP contribution >= 0.6 is 0 Å². The maximum absolute atomic E-state index is 5.84. The molecule has 3 heteroatoms. The predicted molar refractivity (Wildman–Crippen MR) is 89.7 cm³/mol. The minimum atomic E-state index is 0.465. The van der Waals surface area contributed by atoms with Gasteiger partial charge in [0.05, 0.1) is 6.10 Å². The number of ether oxygens (including phenoxy) is 1. The lowest BCUT2D eigenvalue weighted by atomic mass is 9.67. The third kappa shape index (κ3) is 4.20. The first kappa shape index (κ1) is 17.2. The molecule has 0 aromatic rings. The summed E-state index contributed by atoms with van der Waals surface area (Å²) in [5.41, 5.74) is 0.474. The largest absolute Gasteiger partial charge is 0.377 e. The van der Waals surface area contributed by atoms with E-state index in [1.807, 2.05) is 0 Å². The number of rotatable bonds is 6. The third-order valence-electron chi connectivity index (χ3n) is 6.29. The van der Waals surface area contributed by atoms with Crippen molar-refractivity contribution in [3.8, 4) is 0 Å². The fraction of sp³-hybridized carbons (Fsp3) is 1.00. The van der Waals surface area contributed by atoms with Crippen LogP contribution in [0.1, 0.15) is 59.3 Å². The summed E-state index contributed by atoms with van der Waals surface area (Å²) in [5.74, 6) is 0.851. The van der Waals surface area contributed by atoms with E-state index < -0.39 is 0 Å². The first-order valence-electron chi connectivity index (χ1n) is 8.97. The molecule has 1 N–H and O–H groups in total. The molecule has 0 spiro atoms. The summed E-state index contributed by atoms with van der Waals surface area (Å²) >= 11 is 0. The van der Waals surface area contributed by atoms with Gasteiger partial charge in [-0.15, -0.1) is 0 Å². The van der Waals surface area contributed by atoms with Crippen LogP contribution in [0.15, 0.2) is 0 Å². The number of nitrogens with zero attached hydrogens (tertiary/aromatic N) is 1. The standard InChI is InChI=1S/C18H36N2O/c1-6-18(2,3)14-9-10-16(19-4)17(12-14)20(5)13-15-8-7-11-21-15/h14-17,19H,6-13H2,1-5H3. The summed E-state index contributed by atoms with van der Waals surface area (Å²) in [6.45, 7) is 9.31. The molecular weight excluding hydrogens is 260 g/mol. The topological polar surface area (TPSA) is 24.5 Å². The van der Waals surface area contributed by atoms with Crippen LogP contribution in [-0.2, 0) is 4.74 Å². The normalized spacial score (nSPS) is 34.6. The highest BCUT2D eigenvalue weighted by Crippen LogP contribution is 2.41. The van der Waals surface area contributed by atoms with Gasteiger partial charge in [-0.05, 0) is 57.5 Å². The summed E-state index contributed by atoms with van der Waals surface area (Å²) in [5, 5.41) is 3.57. The molecule has 2 fully saturated rings. The van der Waals surface area contributed by atoms with E-state index in [1.54, 1.807) is 0 Å². The Bertz CT molecular complexity index is 312. The number of hydrogen-bond acceptors (Lipinski definition) is 3. The molecule has 1 aliphatic carbocycles. The van der Waals surface area contributed by atoms with Gasteiger partial charge in [0.2, 0.25) is 0 Å². The lowest BCUT2D eigenvalue weighted by Gasteiger charge is -2.46. The van der Waals surface area contributed by atoms with Crippen LogP contribution in [0.25, 0.3) is 0 Å². The second-order valence-electron chi connectivity index (χ2n) is 7.89. The predicted octanol–water partition coefficient (Wildman–Crippen LogP) is 3.29. The Labute approximate surface area is 131 Å². The van der Waals surface area contributed by atoms with Gasteiger partial charge in [0.25, 0.3) is 0 Å². The molecule has 0 aromatic carbocycles. The Hall–Kier alpha value is -0.120. The van der Waals surface area contributed by atoms with Gasteiger partial charge in [0, 0.05) is 25.2 Å². The summed E-state index contributed by atoms with van der Waals surface area (Å²) in [4.78, 5) is 2.58. The maximum atomic E-state index is 5.84. The zero-order chi connectivity index (χ0) is 15.5. The number of likely N-dealkylation sites (N-methyl/N-ethyl adjacent to an activating group) is 2. The Morgan fingerprint density at radius 1 is 1.24 bits per heavy atom. The van der Waals surface area contributed by atoms with Crippen LogP contribution in [0.2, 0.25) is 0 Å². The lowest BCUT2D eigenvalue weighted by Crippen LogP contribution is -2.54. The molecule has 4 atom stereocenters. The fourth-order valence-electron chi connectivity index (χ4n) is 4.21. The highest BCUT2D eigenvalue weighted by atomic mass is 16.5. The van der Waals surface area contributed by atoms with Crippen molar-refractivity contribution in [3.63, 3.8) is 0 Å². The van der Waals surface area contributed by atoms with E-state index in [0.29, 0.717) is 23.6 Å². The van der Waals surface area contributed by atoms with Crippen molar-refractivity contribution in [1.29, 1.82) is 0 Å². The molecule has 2 aliphatic rings. The van der Waals surface area contributed by atoms with E-state index in [-0.39, 0.29) is 0 Å². The quantitative estimate of drug-likeness (QED) is 0.814. The van der Waals surface area contributed by atoms with Crippen LogP contribution < -0.4 is 5.32 Å². The van der Waals surface area contributed by atoms with Gasteiger partial charge in [0.15, 0.2) is 0 Å². The van der Waals surface area contributed by atoms with E-state index in [0.717, 1.165) is 19.1 Å². The van der Waals surface area contributed by atoms with Crippen molar-refractivity contribution in [3.05, 3.63) is 0 Å². The van der Waals surface area contributed by atoms with Crippen LogP contribution in [-0.4, -0.2) is 50.3 Å². The smallest absolute Gasteiger partial charge is 0.0702 e. The van der Waals surface area contributed by atoms with E-state index in [4.69, 9.17) is 4.74 Å². The van der Waals surface area contributed by atoms with Gasteiger partial charge in [0.1, 0.15) is 0 Å². The SMILES string of the molecule is CCC(C)(C)C1CCC(NC)C(N(C)CC2CCCO2)C1. The van der Waals surface area contributed by atoms with Gasteiger partial charge in [-0.3, -0.25) is 4.90 Å². The van der Waals surface area contributed by atoms with E-state index in [2.05, 4.69) is 45.1 Å². The first-order chi connectivity index (χ1) is 9.97. The molecule has 3 nitrogen and oxygen atoms in total. The van der Waals surface area contributed by atoms with Crippen LogP contribution in [0, 0.1) is 11.3 Å². The molecule has 0 bridgehead atoms. The van der Waals surface area contributed by atoms with Gasteiger partial charge >= 0.3 is 0 Å². The molecule has 124 valence electrons. The van der Waals surface area contributed by atoms with E-state index in [1.165, 1.54) is 38.5 Å². The molecule has 2 rings (SSSR count). The van der Waals surface area contributed by atoms with Crippen molar-refractivity contribution in [2.45, 2.75) is 77.5 Å². The van der Waals surface area contributed by atoms with Gasteiger partial charge in [-0.1, -0.05) is 27.2 Å². The van der Waals surface area contributed by atoms with Crippen molar-refractivity contribution in [2.24, 2.45) is 11.3 Å². The number of hydrogen-bond donors (Lipinski definition) is 1. The average molecular weight is 296 g/mol. The van der Waals surface area contributed by atoms with E-state index >= 15 is 0 Å². The molecule has 0 radical (unpaired) electrons. The molecule has 0 amide bonds. The number of nitrogens with one attached hydrogen (secondary N) is 1. The molecule has 1 saturated heterocycles. The molecule has 21 heavy (non-hydrogen) atoms. The molecular formula is C18H36N2O. The Morgan fingerprint density at radius 2 is 2.00 bits per heavy atom. The minimum absolute atomic E-state index is 0.465. The first-order valence-corrected chi connectivity index (χ1v) is 8.97. The second kappa shape index (κ2) is 7.43. The summed E-state index contributed by atoms with van der Waals surface area (Å²) in [6.07, 6.45) is 8.24. The van der Waals surface area contributed by atoms with Crippen LogP contribution in [0.3, 0.4) is 0 Å². The lowest BCUT2D eigenvalue weighted by molar-refractivity contribution is 0.0271. The molecule has 0 aromatic heterocycles.